The van der Waals surface area contributed by atoms with Gasteiger partial charge in [0, 0.05) is 4.90 Å². The summed E-state index contributed by atoms with van der Waals surface area (Å²) in [5.41, 5.74) is 5.58. The molecule has 0 aliphatic rings. The Hall–Kier alpha value is -1.21. The van der Waals surface area contributed by atoms with Crippen molar-refractivity contribution in [1.82, 2.24) is 0 Å². The molecule has 0 bridgehead atoms. The lowest BCUT2D eigenvalue weighted by Gasteiger charge is -2.10. The molecule has 0 fully saturated rings. The molecular formula is C16H18S. The Morgan fingerprint density at radius 1 is 0.941 bits per heavy atom. The van der Waals surface area contributed by atoms with Crippen LogP contribution < -0.4 is 0 Å². The monoisotopic (exact) mass is 242 g/mol. The third-order valence-corrected chi connectivity index (χ3v) is 3.92. The molecule has 0 aliphatic heterocycles. The van der Waals surface area contributed by atoms with Gasteiger partial charge < -0.3 is 0 Å². The quantitative estimate of drug-likeness (QED) is 0.708. The molecule has 88 valence electrons. The molecule has 0 aliphatic carbocycles. The van der Waals surface area contributed by atoms with Gasteiger partial charge in [-0.1, -0.05) is 42.0 Å². The summed E-state index contributed by atoms with van der Waals surface area (Å²) in [7, 11) is 0. The van der Waals surface area contributed by atoms with Gasteiger partial charge in [0.25, 0.3) is 0 Å². The average molecular weight is 242 g/mol. The molecule has 0 atom stereocenters. The minimum atomic E-state index is 1.03. The van der Waals surface area contributed by atoms with Gasteiger partial charge in [-0.2, -0.15) is 0 Å². The smallest absolute Gasteiger partial charge is 0.0105 e. The van der Waals surface area contributed by atoms with Crippen molar-refractivity contribution in [3.05, 3.63) is 64.7 Å². The number of rotatable bonds is 3. The zero-order valence-corrected chi connectivity index (χ0v) is 11.5. The first-order chi connectivity index (χ1) is 8.20. The van der Waals surface area contributed by atoms with E-state index in [1.54, 1.807) is 0 Å². The van der Waals surface area contributed by atoms with Crippen LogP contribution >= 0.6 is 11.8 Å². The van der Waals surface area contributed by atoms with Crippen LogP contribution in [0.25, 0.3) is 0 Å². The highest BCUT2D eigenvalue weighted by Crippen LogP contribution is 2.24. The molecule has 2 rings (SSSR count). The highest BCUT2D eigenvalue weighted by Gasteiger charge is 2.04. The minimum Gasteiger partial charge on any atom is -0.129 e. The predicted molar refractivity (Wildman–Crippen MR) is 76.9 cm³/mol. The van der Waals surface area contributed by atoms with E-state index in [9.17, 15) is 0 Å². The SMILES string of the molecule is CSc1ccccc1Cc1cc(C)ccc1C. The second-order valence-electron chi connectivity index (χ2n) is 4.42. The highest BCUT2D eigenvalue weighted by molar-refractivity contribution is 7.98. The summed E-state index contributed by atoms with van der Waals surface area (Å²) >= 11 is 1.82. The third kappa shape index (κ3) is 2.92. The summed E-state index contributed by atoms with van der Waals surface area (Å²) in [4.78, 5) is 1.38. The van der Waals surface area contributed by atoms with Crippen molar-refractivity contribution >= 4 is 11.8 Å². The van der Waals surface area contributed by atoms with Gasteiger partial charge in [-0.3, -0.25) is 0 Å². The first-order valence-electron chi connectivity index (χ1n) is 5.88. The fourth-order valence-corrected chi connectivity index (χ4v) is 2.66. The molecule has 0 unspecified atom stereocenters. The van der Waals surface area contributed by atoms with Gasteiger partial charge in [-0.15, -0.1) is 11.8 Å². The van der Waals surface area contributed by atoms with E-state index in [2.05, 4.69) is 62.6 Å². The van der Waals surface area contributed by atoms with Gasteiger partial charge in [0.15, 0.2) is 0 Å². The maximum Gasteiger partial charge on any atom is 0.0105 e. The van der Waals surface area contributed by atoms with Crippen LogP contribution in [0, 0.1) is 13.8 Å². The standard InChI is InChI=1S/C16H18S/c1-12-8-9-13(2)15(10-12)11-14-6-4-5-7-16(14)17-3/h4-10H,11H2,1-3H3. The number of benzene rings is 2. The topological polar surface area (TPSA) is 0 Å². The second-order valence-corrected chi connectivity index (χ2v) is 5.27. The Labute approximate surface area is 108 Å². The summed E-state index contributed by atoms with van der Waals surface area (Å²) in [6.45, 7) is 4.35. The molecule has 2 aromatic carbocycles. The predicted octanol–water partition coefficient (Wildman–Crippen LogP) is 4.62. The fourth-order valence-electron chi connectivity index (χ4n) is 2.04. The Morgan fingerprint density at radius 3 is 2.47 bits per heavy atom. The number of thioether (sulfide) groups is 1. The van der Waals surface area contributed by atoms with E-state index in [0.717, 1.165) is 6.42 Å². The number of aryl methyl sites for hydroxylation is 2. The van der Waals surface area contributed by atoms with Gasteiger partial charge in [0.05, 0.1) is 0 Å². The fraction of sp³-hybridized carbons (Fsp3) is 0.250. The van der Waals surface area contributed by atoms with Crippen LogP contribution in [0.15, 0.2) is 47.4 Å². The Bertz CT molecular complexity index is 515. The lowest BCUT2D eigenvalue weighted by molar-refractivity contribution is 1.10. The third-order valence-electron chi connectivity index (χ3n) is 3.08. The Kier molecular flexibility index (Phi) is 3.90. The van der Waals surface area contributed by atoms with Crippen molar-refractivity contribution < 1.29 is 0 Å². The van der Waals surface area contributed by atoms with Crippen LogP contribution in [0.5, 0.6) is 0 Å². The summed E-state index contributed by atoms with van der Waals surface area (Å²) in [5.74, 6) is 0. The molecule has 2 aromatic rings. The van der Waals surface area contributed by atoms with Gasteiger partial charge in [-0.25, -0.2) is 0 Å². The summed E-state index contributed by atoms with van der Waals surface area (Å²) < 4.78 is 0. The van der Waals surface area contributed by atoms with Crippen LogP contribution in [0.4, 0.5) is 0 Å². The summed E-state index contributed by atoms with van der Waals surface area (Å²) in [6, 6.07) is 15.4. The highest BCUT2D eigenvalue weighted by atomic mass is 32.2. The molecule has 0 saturated carbocycles. The van der Waals surface area contributed by atoms with E-state index in [1.165, 1.54) is 27.1 Å². The maximum atomic E-state index is 2.30. The summed E-state index contributed by atoms with van der Waals surface area (Å²) in [6.07, 6.45) is 3.17. The molecule has 0 spiro atoms. The minimum absolute atomic E-state index is 1.03. The van der Waals surface area contributed by atoms with E-state index in [-0.39, 0.29) is 0 Å². The number of hydrogen-bond donors (Lipinski definition) is 0. The van der Waals surface area contributed by atoms with Gasteiger partial charge in [0.1, 0.15) is 0 Å². The molecule has 1 heteroatoms. The zero-order chi connectivity index (χ0) is 12.3. The maximum absolute atomic E-state index is 2.30. The van der Waals surface area contributed by atoms with Crippen LogP contribution in [0.3, 0.4) is 0 Å². The van der Waals surface area contributed by atoms with Crippen LogP contribution in [-0.4, -0.2) is 6.26 Å². The van der Waals surface area contributed by atoms with Crippen molar-refractivity contribution in [2.45, 2.75) is 25.2 Å². The largest absolute Gasteiger partial charge is 0.129 e. The van der Waals surface area contributed by atoms with Gasteiger partial charge in [0.2, 0.25) is 0 Å². The van der Waals surface area contributed by atoms with Gasteiger partial charge in [-0.05, 0) is 49.3 Å². The van der Waals surface area contributed by atoms with E-state index < -0.39 is 0 Å². The Balaban J connectivity index is 2.34. The first-order valence-corrected chi connectivity index (χ1v) is 7.11. The molecule has 0 saturated heterocycles. The van der Waals surface area contributed by atoms with Crippen molar-refractivity contribution in [1.29, 1.82) is 0 Å². The molecule has 0 heterocycles. The molecular weight excluding hydrogens is 224 g/mol. The van der Waals surface area contributed by atoms with E-state index in [4.69, 9.17) is 0 Å². The second kappa shape index (κ2) is 5.42. The Morgan fingerprint density at radius 2 is 1.71 bits per heavy atom. The molecule has 0 amide bonds. The zero-order valence-electron chi connectivity index (χ0n) is 10.7. The van der Waals surface area contributed by atoms with Crippen molar-refractivity contribution in [3.63, 3.8) is 0 Å². The first kappa shape index (κ1) is 12.3. The van der Waals surface area contributed by atoms with E-state index in [0.29, 0.717) is 0 Å². The number of hydrogen-bond acceptors (Lipinski definition) is 1. The lowest BCUT2D eigenvalue weighted by Crippen LogP contribution is -1.94. The molecule has 0 nitrogen and oxygen atoms in total. The normalized spacial score (nSPS) is 10.5. The van der Waals surface area contributed by atoms with Crippen molar-refractivity contribution in [2.24, 2.45) is 0 Å². The van der Waals surface area contributed by atoms with E-state index >= 15 is 0 Å². The molecule has 0 radical (unpaired) electrons. The van der Waals surface area contributed by atoms with E-state index in [1.807, 2.05) is 11.8 Å². The average Bonchev–Trinajstić information content (AvgIpc) is 2.34. The van der Waals surface area contributed by atoms with Crippen LogP contribution in [0.1, 0.15) is 22.3 Å². The molecule has 17 heavy (non-hydrogen) atoms. The van der Waals surface area contributed by atoms with Gasteiger partial charge >= 0.3 is 0 Å². The van der Waals surface area contributed by atoms with Crippen molar-refractivity contribution in [3.8, 4) is 0 Å². The summed E-state index contributed by atoms with van der Waals surface area (Å²) in [5, 5.41) is 0. The molecule has 0 N–H and O–H groups in total. The van der Waals surface area contributed by atoms with Crippen molar-refractivity contribution in [2.75, 3.05) is 6.26 Å². The van der Waals surface area contributed by atoms with Crippen LogP contribution in [0.2, 0.25) is 0 Å². The lowest BCUT2D eigenvalue weighted by atomic mass is 9.99. The molecule has 0 aromatic heterocycles. The van der Waals surface area contributed by atoms with Crippen LogP contribution in [-0.2, 0) is 6.42 Å².